The van der Waals surface area contributed by atoms with Crippen LogP contribution in [-0.2, 0) is 17.8 Å². The lowest BCUT2D eigenvalue weighted by atomic mass is 10.1. The molecule has 0 aromatic heterocycles. The first-order chi connectivity index (χ1) is 13.9. The quantitative estimate of drug-likeness (QED) is 0.316. The molecule has 2 aromatic carbocycles. The monoisotopic (exact) mass is 524 g/mol. The van der Waals surface area contributed by atoms with Gasteiger partial charge in [0.25, 0.3) is 5.91 Å². The van der Waals surface area contributed by atoms with Crippen molar-refractivity contribution >= 4 is 35.8 Å². The molecule has 0 unspecified atom stereocenters. The predicted octanol–water partition coefficient (Wildman–Crippen LogP) is 3.30. The zero-order chi connectivity index (χ0) is 21.2. The Kier molecular flexibility index (Phi) is 11.2. The maximum absolute atomic E-state index is 11.7. The molecular weight excluding hydrogens is 491 g/mol. The van der Waals surface area contributed by atoms with Crippen molar-refractivity contribution in [3.8, 4) is 5.75 Å². The number of amides is 1. The van der Waals surface area contributed by atoms with Crippen molar-refractivity contribution in [2.24, 2.45) is 4.99 Å². The highest BCUT2D eigenvalue weighted by Gasteiger charge is 2.06. The van der Waals surface area contributed by atoms with Crippen molar-refractivity contribution in [3.05, 3.63) is 64.7 Å². The molecule has 0 aliphatic carbocycles. The number of nitrogens with one attached hydrogen (secondary N) is 2. The third-order valence-corrected chi connectivity index (χ3v) is 4.43. The Hall–Kier alpha value is -2.29. The smallest absolute Gasteiger partial charge is 0.259 e. The average molecular weight is 524 g/mol. The zero-order valence-corrected chi connectivity index (χ0v) is 20.8. The van der Waals surface area contributed by atoms with E-state index in [0.29, 0.717) is 12.3 Å². The van der Waals surface area contributed by atoms with Gasteiger partial charge in [-0.15, -0.1) is 24.0 Å². The molecule has 2 aromatic rings. The molecule has 1 amide bonds. The molecule has 7 heteroatoms. The summed E-state index contributed by atoms with van der Waals surface area (Å²) in [5, 5.41) is 6.66. The second kappa shape index (κ2) is 13.1. The van der Waals surface area contributed by atoms with Crippen LogP contribution in [0, 0.1) is 13.8 Å². The number of carbonyl (C=O) groups is 1. The average Bonchev–Trinajstić information content (AvgIpc) is 2.68. The molecule has 0 aliphatic heterocycles. The van der Waals surface area contributed by atoms with Gasteiger partial charge in [-0.1, -0.05) is 41.5 Å². The van der Waals surface area contributed by atoms with E-state index in [0.717, 1.165) is 24.5 Å². The van der Waals surface area contributed by atoms with Gasteiger partial charge >= 0.3 is 0 Å². The van der Waals surface area contributed by atoms with Crippen LogP contribution in [0.2, 0.25) is 0 Å². The van der Waals surface area contributed by atoms with E-state index in [1.165, 1.54) is 21.6 Å². The van der Waals surface area contributed by atoms with Gasteiger partial charge in [-0.05, 0) is 43.5 Å². The molecule has 2 N–H and O–H groups in total. The summed E-state index contributed by atoms with van der Waals surface area (Å²) in [5.41, 5.74) is 4.95. The zero-order valence-electron chi connectivity index (χ0n) is 18.5. The van der Waals surface area contributed by atoms with Crippen LogP contribution < -0.4 is 15.4 Å². The largest absolute Gasteiger partial charge is 0.484 e. The first kappa shape index (κ1) is 25.7. The van der Waals surface area contributed by atoms with Gasteiger partial charge in [0.05, 0.1) is 0 Å². The lowest BCUT2D eigenvalue weighted by molar-refractivity contribution is -0.130. The summed E-state index contributed by atoms with van der Waals surface area (Å²) in [6.45, 7) is 5.70. The third kappa shape index (κ3) is 9.02. The van der Waals surface area contributed by atoms with Gasteiger partial charge < -0.3 is 20.3 Å². The lowest BCUT2D eigenvalue weighted by Gasteiger charge is -2.14. The van der Waals surface area contributed by atoms with E-state index in [9.17, 15) is 4.79 Å². The van der Waals surface area contributed by atoms with Crippen molar-refractivity contribution < 1.29 is 9.53 Å². The van der Waals surface area contributed by atoms with E-state index in [4.69, 9.17) is 4.74 Å². The molecule has 2 rings (SSSR count). The highest BCUT2D eigenvalue weighted by molar-refractivity contribution is 14.0. The molecule has 0 bridgehead atoms. The first-order valence-corrected chi connectivity index (χ1v) is 9.81. The number of carbonyl (C=O) groups excluding carboxylic acids is 1. The molecule has 0 aliphatic rings. The van der Waals surface area contributed by atoms with E-state index in [2.05, 4.69) is 47.7 Å². The van der Waals surface area contributed by atoms with Gasteiger partial charge in [0, 0.05) is 34.2 Å². The standard InChI is InChI=1S/C23H32N4O2.HI/c1-17-11-18(2)13-19(12-17)9-10-25-23(24-3)26-15-20-7-6-8-21(14-20)29-16-22(28)27(4)5;/h6-8,11-14H,9-10,15-16H2,1-5H3,(H2,24,25,26);1H. The Morgan fingerprint density at radius 1 is 1.03 bits per heavy atom. The fourth-order valence-corrected chi connectivity index (χ4v) is 2.96. The minimum absolute atomic E-state index is 0. The summed E-state index contributed by atoms with van der Waals surface area (Å²) in [5.74, 6) is 1.36. The van der Waals surface area contributed by atoms with Crippen molar-refractivity contribution in [1.82, 2.24) is 15.5 Å². The summed E-state index contributed by atoms with van der Waals surface area (Å²) < 4.78 is 5.57. The number of ether oxygens (including phenoxy) is 1. The lowest BCUT2D eigenvalue weighted by Crippen LogP contribution is -2.37. The van der Waals surface area contributed by atoms with Crippen LogP contribution >= 0.6 is 24.0 Å². The van der Waals surface area contributed by atoms with Crippen LogP contribution in [0.15, 0.2) is 47.5 Å². The number of halogens is 1. The third-order valence-electron chi connectivity index (χ3n) is 4.43. The van der Waals surface area contributed by atoms with E-state index in [-0.39, 0.29) is 36.5 Å². The molecule has 0 fully saturated rings. The van der Waals surface area contributed by atoms with E-state index < -0.39 is 0 Å². The van der Waals surface area contributed by atoms with E-state index in [1.807, 2.05) is 24.3 Å². The fourth-order valence-electron chi connectivity index (χ4n) is 2.96. The Labute approximate surface area is 197 Å². The molecule has 0 spiro atoms. The minimum atomic E-state index is -0.0677. The Bertz CT molecular complexity index is 833. The number of aliphatic imine (C=N–C) groups is 1. The maximum atomic E-state index is 11.7. The van der Waals surface area contributed by atoms with Crippen molar-refractivity contribution in [2.45, 2.75) is 26.8 Å². The summed E-state index contributed by atoms with van der Waals surface area (Å²) in [4.78, 5) is 17.5. The number of rotatable bonds is 8. The van der Waals surface area contributed by atoms with Crippen LogP contribution in [0.5, 0.6) is 5.75 Å². The molecule has 0 radical (unpaired) electrons. The first-order valence-electron chi connectivity index (χ1n) is 9.81. The summed E-state index contributed by atoms with van der Waals surface area (Å²) >= 11 is 0. The van der Waals surface area contributed by atoms with Gasteiger partial charge in [-0.2, -0.15) is 0 Å². The van der Waals surface area contributed by atoms with Gasteiger partial charge in [0.1, 0.15) is 5.75 Å². The highest BCUT2D eigenvalue weighted by atomic mass is 127. The van der Waals surface area contributed by atoms with Gasteiger partial charge in [-0.25, -0.2) is 0 Å². The highest BCUT2D eigenvalue weighted by Crippen LogP contribution is 2.13. The van der Waals surface area contributed by atoms with Crippen LogP contribution in [0.25, 0.3) is 0 Å². The normalized spacial score (nSPS) is 10.8. The number of hydrogen-bond acceptors (Lipinski definition) is 3. The second-order valence-electron chi connectivity index (χ2n) is 7.32. The van der Waals surface area contributed by atoms with Gasteiger partial charge in [0.2, 0.25) is 0 Å². The van der Waals surface area contributed by atoms with E-state index >= 15 is 0 Å². The number of likely N-dealkylation sites (N-methyl/N-ethyl adjacent to an activating group) is 1. The molecule has 30 heavy (non-hydrogen) atoms. The van der Waals surface area contributed by atoms with Crippen LogP contribution in [-0.4, -0.2) is 51.1 Å². The summed E-state index contributed by atoms with van der Waals surface area (Å²) in [6.07, 6.45) is 0.937. The number of benzene rings is 2. The van der Waals surface area contributed by atoms with Gasteiger partial charge in [-0.3, -0.25) is 9.79 Å². The number of aryl methyl sites for hydroxylation is 2. The van der Waals surface area contributed by atoms with Crippen LogP contribution in [0.1, 0.15) is 22.3 Å². The van der Waals surface area contributed by atoms with Crippen molar-refractivity contribution in [1.29, 1.82) is 0 Å². The molecule has 6 nitrogen and oxygen atoms in total. The van der Waals surface area contributed by atoms with Crippen LogP contribution in [0.4, 0.5) is 0 Å². The minimum Gasteiger partial charge on any atom is -0.484 e. The molecule has 164 valence electrons. The van der Waals surface area contributed by atoms with E-state index in [1.54, 1.807) is 21.1 Å². The Morgan fingerprint density at radius 3 is 2.37 bits per heavy atom. The number of nitrogens with zero attached hydrogens (tertiary/aromatic N) is 2. The summed E-state index contributed by atoms with van der Waals surface area (Å²) in [6, 6.07) is 14.3. The molecule has 0 atom stereocenters. The Balaban J connectivity index is 0.00000450. The molecule has 0 saturated carbocycles. The molecular formula is C23H33IN4O2. The maximum Gasteiger partial charge on any atom is 0.259 e. The fraction of sp³-hybridized carbons (Fsp3) is 0.391. The predicted molar refractivity (Wildman–Crippen MR) is 134 cm³/mol. The van der Waals surface area contributed by atoms with Crippen molar-refractivity contribution in [3.63, 3.8) is 0 Å². The SMILES string of the molecule is CN=C(NCCc1cc(C)cc(C)c1)NCc1cccc(OCC(=O)N(C)C)c1.I. The summed E-state index contributed by atoms with van der Waals surface area (Å²) in [7, 11) is 5.19. The molecule has 0 heterocycles. The number of hydrogen-bond donors (Lipinski definition) is 2. The molecule has 0 saturated heterocycles. The Morgan fingerprint density at radius 2 is 1.73 bits per heavy atom. The number of guanidine groups is 1. The van der Waals surface area contributed by atoms with Crippen molar-refractivity contribution in [2.75, 3.05) is 34.3 Å². The second-order valence-corrected chi connectivity index (χ2v) is 7.32. The topological polar surface area (TPSA) is 66.0 Å². The van der Waals surface area contributed by atoms with Gasteiger partial charge in [0.15, 0.2) is 12.6 Å². The van der Waals surface area contributed by atoms with Crippen LogP contribution in [0.3, 0.4) is 0 Å².